The van der Waals surface area contributed by atoms with Gasteiger partial charge in [-0.25, -0.2) is 0 Å². The van der Waals surface area contributed by atoms with E-state index in [-0.39, 0.29) is 18.0 Å². The largest absolute Gasteiger partial charge is 0.345 e. The molecule has 1 amide bonds. The molecule has 0 saturated heterocycles. The molecular weight excluding hydrogens is 328 g/mol. The van der Waals surface area contributed by atoms with Gasteiger partial charge in [0.2, 0.25) is 5.91 Å². The quantitative estimate of drug-likeness (QED) is 0.299. The van der Waals surface area contributed by atoms with Crippen LogP contribution in [0.2, 0.25) is 0 Å². The van der Waals surface area contributed by atoms with Crippen molar-refractivity contribution in [2.45, 2.75) is 70.9 Å². The van der Waals surface area contributed by atoms with Gasteiger partial charge in [-0.3, -0.25) is 9.59 Å². The second-order valence-electron chi connectivity index (χ2n) is 6.83. The van der Waals surface area contributed by atoms with Gasteiger partial charge in [0, 0.05) is 0 Å². The van der Waals surface area contributed by atoms with E-state index in [4.69, 9.17) is 0 Å². The minimum absolute atomic E-state index is 0.0251. The fraction of sp³-hybridized carbons (Fsp3) is 0.667. The second kappa shape index (κ2) is 15.5. The molecule has 3 atom stereocenters. The van der Waals surface area contributed by atoms with Crippen LogP contribution < -0.4 is 10.6 Å². The summed E-state index contributed by atoms with van der Waals surface area (Å²) in [5, 5.41) is 5.97. The zero-order chi connectivity index (χ0) is 19.8. The third-order valence-corrected chi connectivity index (χ3v) is 4.61. The number of carbonyl (C=O) groups excluding carboxylic acids is 3. The number of nitrogens with one attached hydrogen (secondary N) is 2. The maximum Gasteiger partial charge on any atom is 0.237 e. The third kappa shape index (κ3) is 11.7. The first-order valence-electron chi connectivity index (χ1n) is 9.71. The molecule has 26 heavy (non-hydrogen) atoms. The summed E-state index contributed by atoms with van der Waals surface area (Å²) in [5.74, 6) is 1.19. The van der Waals surface area contributed by atoms with E-state index in [1.807, 2.05) is 7.05 Å². The topological polar surface area (TPSA) is 75.3 Å². The van der Waals surface area contributed by atoms with Crippen LogP contribution in [0.15, 0.2) is 24.8 Å². The van der Waals surface area contributed by atoms with Gasteiger partial charge in [-0.05, 0) is 37.8 Å². The molecule has 0 aromatic heterocycles. The van der Waals surface area contributed by atoms with Crippen LogP contribution in [0.4, 0.5) is 0 Å². The molecular formula is C21H36N2O3. The van der Waals surface area contributed by atoms with E-state index in [9.17, 15) is 14.4 Å². The van der Waals surface area contributed by atoms with E-state index in [1.165, 1.54) is 18.9 Å². The van der Waals surface area contributed by atoms with Crippen molar-refractivity contribution in [1.82, 2.24) is 10.6 Å². The minimum Gasteiger partial charge on any atom is -0.345 e. The number of likely N-dealkylation sites (N-methyl/N-ethyl adjacent to an activating group) is 1. The first kappa shape index (κ1) is 24.2. The van der Waals surface area contributed by atoms with Crippen LogP contribution in [0.5, 0.6) is 0 Å². The van der Waals surface area contributed by atoms with E-state index < -0.39 is 0 Å². The van der Waals surface area contributed by atoms with Crippen molar-refractivity contribution in [1.29, 1.82) is 0 Å². The van der Waals surface area contributed by atoms with Crippen LogP contribution in [0, 0.1) is 11.8 Å². The molecule has 0 radical (unpaired) electrons. The molecule has 0 bridgehead atoms. The fourth-order valence-electron chi connectivity index (χ4n) is 2.85. The highest BCUT2D eigenvalue weighted by Crippen LogP contribution is 2.33. The van der Waals surface area contributed by atoms with Gasteiger partial charge in [-0.1, -0.05) is 64.7 Å². The van der Waals surface area contributed by atoms with E-state index in [2.05, 4.69) is 31.1 Å². The third-order valence-electron chi connectivity index (χ3n) is 4.61. The molecule has 0 aliphatic heterocycles. The number of hydrogen-bond acceptors (Lipinski definition) is 4. The molecule has 1 aliphatic rings. The number of aldehydes is 2. The molecule has 3 unspecified atom stereocenters. The van der Waals surface area contributed by atoms with Gasteiger partial charge in [0.05, 0.1) is 12.1 Å². The molecule has 1 fully saturated rings. The lowest BCUT2D eigenvalue weighted by Gasteiger charge is -2.22. The van der Waals surface area contributed by atoms with Gasteiger partial charge in [0.25, 0.3) is 0 Å². The zero-order valence-electron chi connectivity index (χ0n) is 16.6. The van der Waals surface area contributed by atoms with E-state index in [0.717, 1.165) is 38.4 Å². The number of amides is 1. The Morgan fingerprint density at radius 3 is 2.31 bits per heavy atom. The highest BCUT2D eigenvalue weighted by atomic mass is 16.2. The summed E-state index contributed by atoms with van der Waals surface area (Å²) < 4.78 is 0. The van der Waals surface area contributed by atoms with Gasteiger partial charge in [-0.15, -0.1) is 0 Å². The summed E-state index contributed by atoms with van der Waals surface area (Å²) in [7, 11) is 1.81. The van der Waals surface area contributed by atoms with Crippen molar-refractivity contribution < 1.29 is 14.4 Å². The Labute approximate surface area is 158 Å². The van der Waals surface area contributed by atoms with Gasteiger partial charge < -0.3 is 15.4 Å². The summed E-state index contributed by atoms with van der Waals surface area (Å²) >= 11 is 0. The minimum atomic E-state index is -0.339. The van der Waals surface area contributed by atoms with E-state index in [1.54, 1.807) is 12.2 Å². The molecule has 5 heteroatoms. The van der Waals surface area contributed by atoms with E-state index in [0.29, 0.717) is 18.1 Å². The number of rotatable bonds is 13. The van der Waals surface area contributed by atoms with Gasteiger partial charge >= 0.3 is 0 Å². The number of allylic oxidation sites excluding steroid dienone is 3. The average Bonchev–Trinajstić information content (AvgIpc) is 3.47. The smallest absolute Gasteiger partial charge is 0.237 e. The lowest BCUT2D eigenvalue weighted by molar-refractivity contribution is -0.126. The second-order valence-corrected chi connectivity index (χ2v) is 6.83. The first-order chi connectivity index (χ1) is 12.6. The molecule has 2 N–H and O–H groups in total. The lowest BCUT2D eigenvalue weighted by atomic mass is 9.93. The summed E-state index contributed by atoms with van der Waals surface area (Å²) in [6.45, 7) is 7.66. The predicted molar refractivity (Wildman–Crippen MR) is 107 cm³/mol. The maximum absolute atomic E-state index is 12.2. The van der Waals surface area contributed by atoms with Crippen molar-refractivity contribution in [2.75, 3.05) is 7.05 Å². The van der Waals surface area contributed by atoms with Crippen molar-refractivity contribution in [2.24, 2.45) is 11.8 Å². The molecule has 5 nitrogen and oxygen atoms in total. The van der Waals surface area contributed by atoms with Crippen molar-refractivity contribution in [3.8, 4) is 0 Å². The monoisotopic (exact) mass is 364 g/mol. The molecule has 1 aliphatic carbocycles. The van der Waals surface area contributed by atoms with Crippen LogP contribution in [-0.4, -0.2) is 37.6 Å². The predicted octanol–water partition coefficient (Wildman–Crippen LogP) is 3.20. The molecule has 148 valence electrons. The molecule has 0 aromatic carbocycles. The summed E-state index contributed by atoms with van der Waals surface area (Å²) in [6.07, 6.45) is 13.5. The Bertz CT molecular complexity index is 435. The fourth-order valence-corrected chi connectivity index (χ4v) is 2.85. The molecule has 0 spiro atoms. The van der Waals surface area contributed by atoms with Gasteiger partial charge in [0.15, 0.2) is 0 Å². The average molecular weight is 365 g/mol. The Hall–Kier alpha value is -1.75. The van der Waals surface area contributed by atoms with Crippen LogP contribution >= 0.6 is 0 Å². The highest BCUT2D eigenvalue weighted by molar-refractivity contribution is 5.84. The van der Waals surface area contributed by atoms with Crippen molar-refractivity contribution in [3.63, 3.8) is 0 Å². The van der Waals surface area contributed by atoms with E-state index >= 15 is 0 Å². The summed E-state index contributed by atoms with van der Waals surface area (Å²) in [6, 6.07) is -0.495. The Morgan fingerprint density at radius 2 is 1.92 bits per heavy atom. The van der Waals surface area contributed by atoms with Crippen LogP contribution in [0.3, 0.4) is 0 Å². The Balaban J connectivity index is 0.000000896. The first-order valence-corrected chi connectivity index (χ1v) is 9.71. The zero-order valence-corrected chi connectivity index (χ0v) is 16.6. The highest BCUT2D eigenvalue weighted by Gasteiger charge is 2.29. The Kier molecular flexibility index (Phi) is 14.5. The molecule has 1 rings (SSSR count). The van der Waals surface area contributed by atoms with Gasteiger partial charge in [0.1, 0.15) is 12.6 Å². The SMILES string of the molecule is C=C/C=C/C=O.CCCC(CC)CC(C=O)NC(=O)C(CC1CC1)NC. The normalized spacial score (nSPS) is 16.7. The van der Waals surface area contributed by atoms with Crippen molar-refractivity contribution >= 4 is 18.5 Å². The van der Waals surface area contributed by atoms with Crippen LogP contribution in [0.25, 0.3) is 0 Å². The molecule has 0 aromatic rings. The Morgan fingerprint density at radius 1 is 1.23 bits per heavy atom. The summed E-state index contributed by atoms with van der Waals surface area (Å²) in [4.78, 5) is 32.8. The van der Waals surface area contributed by atoms with Crippen LogP contribution in [0.1, 0.15) is 58.8 Å². The standard InChI is InChI=1S/C16H30N2O2.C5H6O/c1-4-6-12(5-2)9-14(11-19)18-16(20)15(17-3)10-13-7-8-13;1-2-3-4-5-6/h11-15,17H,4-10H2,1-3H3,(H,18,20);2-5H,1H2/b;4-3+. The number of hydrogen-bond donors (Lipinski definition) is 2. The summed E-state index contributed by atoms with van der Waals surface area (Å²) in [5.41, 5.74) is 0. The van der Waals surface area contributed by atoms with Crippen molar-refractivity contribution in [3.05, 3.63) is 24.8 Å². The lowest BCUT2D eigenvalue weighted by Crippen LogP contribution is -2.48. The number of carbonyl (C=O) groups is 3. The maximum atomic E-state index is 12.2. The molecule has 0 heterocycles. The van der Waals surface area contributed by atoms with Crippen LogP contribution in [-0.2, 0) is 14.4 Å². The molecule has 1 saturated carbocycles. The van der Waals surface area contributed by atoms with Gasteiger partial charge in [-0.2, -0.15) is 0 Å².